The second-order valence-corrected chi connectivity index (χ2v) is 8.05. The summed E-state index contributed by atoms with van der Waals surface area (Å²) in [6.07, 6.45) is 0.947. The normalized spacial score (nSPS) is 24.8. The van der Waals surface area contributed by atoms with Crippen molar-refractivity contribution in [1.82, 2.24) is 4.31 Å². The van der Waals surface area contributed by atoms with Crippen molar-refractivity contribution in [1.29, 1.82) is 0 Å². The van der Waals surface area contributed by atoms with Crippen LogP contribution in [0.4, 0.5) is 0 Å². The Morgan fingerprint density at radius 2 is 1.95 bits per heavy atom. The van der Waals surface area contributed by atoms with E-state index in [1.165, 1.54) is 0 Å². The number of rotatable bonds is 4. The Bertz CT molecular complexity index is 559. The predicted molar refractivity (Wildman–Crippen MR) is 83.1 cm³/mol. The SMILES string of the molecule is CC1CCN(S(=O)(=O)Cc2cccc(CCl)c2)CC1C. The van der Waals surface area contributed by atoms with E-state index in [9.17, 15) is 8.42 Å². The largest absolute Gasteiger partial charge is 0.218 e. The molecule has 1 heterocycles. The van der Waals surface area contributed by atoms with E-state index in [1.807, 2.05) is 24.3 Å². The fourth-order valence-corrected chi connectivity index (χ4v) is 4.38. The Balaban J connectivity index is 2.10. The highest BCUT2D eigenvalue weighted by Crippen LogP contribution is 2.25. The number of hydrogen-bond acceptors (Lipinski definition) is 2. The van der Waals surface area contributed by atoms with Crippen LogP contribution in [-0.2, 0) is 21.7 Å². The second kappa shape index (κ2) is 6.46. The van der Waals surface area contributed by atoms with Crippen LogP contribution in [0.25, 0.3) is 0 Å². The van der Waals surface area contributed by atoms with Crippen LogP contribution in [0.1, 0.15) is 31.4 Å². The van der Waals surface area contributed by atoms with Gasteiger partial charge in [0.1, 0.15) is 0 Å². The number of alkyl halides is 1. The van der Waals surface area contributed by atoms with Crippen molar-refractivity contribution in [3.05, 3.63) is 35.4 Å². The lowest BCUT2D eigenvalue weighted by Crippen LogP contribution is -2.42. The Morgan fingerprint density at radius 1 is 1.25 bits per heavy atom. The first-order chi connectivity index (χ1) is 9.42. The molecule has 2 unspecified atom stereocenters. The third-order valence-corrected chi connectivity index (χ3v) is 6.31. The molecule has 0 amide bonds. The van der Waals surface area contributed by atoms with Crippen molar-refractivity contribution in [2.24, 2.45) is 11.8 Å². The smallest absolute Gasteiger partial charge is 0.212 e. The minimum atomic E-state index is -3.23. The molecule has 0 radical (unpaired) electrons. The molecule has 3 nitrogen and oxygen atoms in total. The van der Waals surface area contributed by atoms with Crippen LogP contribution in [0.2, 0.25) is 0 Å². The van der Waals surface area contributed by atoms with E-state index in [-0.39, 0.29) is 5.75 Å². The van der Waals surface area contributed by atoms with E-state index in [0.29, 0.717) is 30.8 Å². The van der Waals surface area contributed by atoms with Gasteiger partial charge < -0.3 is 0 Å². The molecular formula is C15H22ClNO2S. The monoisotopic (exact) mass is 315 g/mol. The lowest BCUT2D eigenvalue weighted by molar-refractivity contribution is 0.212. The number of hydrogen-bond donors (Lipinski definition) is 0. The topological polar surface area (TPSA) is 37.4 Å². The zero-order valence-corrected chi connectivity index (χ0v) is 13.6. The van der Waals surface area contributed by atoms with E-state index < -0.39 is 10.0 Å². The number of halogens is 1. The summed E-state index contributed by atoms with van der Waals surface area (Å²) in [6.45, 7) is 5.60. The first kappa shape index (κ1) is 15.8. The first-order valence-electron chi connectivity index (χ1n) is 7.04. The van der Waals surface area contributed by atoms with Crippen molar-refractivity contribution in [2.75, 3.05) is 13.1 Å². The highest BCUT2D eigenvalue weighted by Gasteiger charge is 2.30. The van der Waals surface area contributed by atoms with E-state index in [0.717, 1.165) is 17.5 Å². The van der Waals surface area contributed by atoms with Gasteiger partial charge in [-0.05, 0) is 29.4 Å². The zero-order valence-electron chi connectivity index (χ0n) is 12.0. The van der Waals surface area contributed by atoms with Gasteiger partial charge in [0.2, 0.25) is 10.0 Å². The van der Waals surface area contributed by atoms with E-state index in [2.05, 4.69) is 13.8 Å². The molecule has 0 N–H and O–H groups in total. The average molecular weight is 316 g/mol. The number of nitrogens with zero attached hydrogens (tertiary/aromatic N) is 1. The Labute approximate surface area is 127 Å². The van der Waals surface area contributed by atoms with Crippen LogP contribution < -0.4 is 0 Å². The summed E-state index contributed by atoms with van der Waals surface area (Å²) in [7, 11) is -3.23. The minimum Gasteiger partial charge on any atom is -0.212 e. The molecule has 0 saturated carbocycles. The number of sulfonamides is 1. The van der Waals surface area contributed by atoms with Crippen LogP contribution in [0.15, 0.2) is 24.3 Å². The highest BCUT2D eigenvalue weighted by atomic mass is 35.5. The van der Waals surface area contributed by atoms with Crippen LogP contribution in [-0.4, -0.2) is 25.8 Å². The maximum Gasteiger partial charge on any atom is 0.218 e. The van der Waals surface area contributed by atoms with Crippen LogP contribution in [0.5, 0.6) is 0 Å². The zero-order chi connectivity index (χ0) is 14.8. The molecule has 112 valence electrons. The fraction of sp³-hybridized carbons (Fsp3) is 0.600. The van der Waals surface area contributed by atoms with Crippen molar-refractivity contribution in [2.45, 2.75) is 31.9 Å². The molecule has 1 aromatic carbocycles. The van der Waals surface area contributed by atoms with Gasteiger partial charge in [0.15, 0.2) is 0 Å². The van der Waals surface area contributed by atoms with Gasteiger partial charge in [0.25, 0.3) is 0 Å². The van der Waals surface area contributed by atoms with Gasteiger partial charge in [-0.25, -0.2) is 12.7 Å². The highest BCUT2D eigenvalue weighted by molar-refractivity contribution is 7.88. The van der Waals surface area contributed by atoms with Crippen molar-refractivity contribution in [3.63, 3.8) is 0 Å². The summed E-state index contributed by atoms with van der Waals surface area (Å²) in [5.41, 5.74) is 1.77. The van der Waals surface area contributed by atoms with Gasteiger partial charge in [-0.3, -0.25) is 0 Å². The standard InChI is InChI=1S/C15H22ClNO2S/c1-12-6-7-17(10-13(12)2)20(18,19)11-15-5-3-4-14(8-15)9-16/h3-5,8,12-13H,6-7,9-11H2,1-2H3. The third kappa shape index (κ3) is 3.74. The molecule has 0 aromatic heterocycles. The molecule has 1 saturated heterocycles. The summed E-state index contributed by atoms with van der Waals surface area (Å²) in [6, 6.07) is 7.50. The number of benzene rings is 1. The van der Waals surface area contributed by atoms with Gasteiger partial charge in [-0.15, -0.1) is 11.6 Å². The first-order valence-corrected chi connectivity index (χ1v) is 9.18. The fourth-order valence-electron chi connectivity index (χ4n) is 2.58. The summed E-state index contributed by atoms with van der Waals surface area (Å²) in [4.78, 5) is 0. The molecular weight excluding hydrogens is 294 g/mol. The lowest BCUT2D eigenvalue weighted by atomic mass is 9.90. The predicted octanol–water partition coefficient (Wildman–Crippen LogP) is 3.23. The molecule has 0 aliphatic carbocycles. The van der Waals surface area contributed by atoms with Crippen molar-refractivity contribution in [3.8, 4) is 0 Å². The van der Waals surface area contributed by atoms with E-state index in [1.54, 1.807) is 4.31 Å². The average Bonchev–Trinajstić information content (AvgIpc) is 2.41. The molecule has 20 heavy (non-hydrogen) atoms. The molecule has 1 aliphatic heterocycles. The molecule has 1 aliphatic rings. The third-order valence-electron chi connectivity index (χ3n) is 4.19. The molecule has 2 rings (SSSR count). The lowest BCUT2D eigenvalue weighted by Gasteiger charge is -2.34. The quantitative estimate of drug-likeness (QED) is 0.800. The Hall–Kier alpha value is -0.580. The van der Waals surface area contributed by atoms with E-state index >= 15 is 0 Å². The molecule has 1 fully saturated rings. The van der Waals surface area contributed by atoms with Gasteiger partial charge >= 0.3 is 0 Å². The van der Waals surface area contributed by atoms with Gasteiger partial charge in [0.05, 0.1) is 5.75 Å². The molecule has 0 spiro atoms. The number of piperidine rings is 1. The minimum absolute atomic E-state index is 0.0683. The molecule has 2 atom stereocenters. The summed E-state index contributed by atoms with van der Waals surface area (Å²) in [5.74, 6) is 1.50. The van der Waals surface area contributed by atoms with Crippen molar-refractivity contribution >= 4 is 21.6 Å². The Morgan fingerprint density at radius 3 is 2.60 bits per heavy atom. The van der Waals surface area contributed by atoms with Crippen LogP contribution in [0.3, 0.4) is 0 Å². The van der Waals surface area contributed by atoms with Gasteiger partial charge in [-0.1, -0.05) is 38.1 Å². The van der Waals surface area contributed by atoms with Crippen LogP contribution >= 0.6 is 11.6 Å². The molecule has 0 bridgehead atoms. The summed E-state index contributed by atoms with van der Waals surface area (Å²) < 4.78 is 26.6. The molecule has 5 heteroatoms. The van der Waals surface area contributed by atoms with Crippen molar-refractivity contribution < 1.29 is 8.42 Å². The van der Waals surface area contributed by atoms with E-state index in [4.69, 9.17) is 11.6 Å². The maximum atomic E-state index is 12.5. The summed E-state index contributed by atoms with van der Waals surface area (Å²) in [5, 5.41) is 0. The maximum absolute atomic E-state index is 12.5. The second-order valence-electron chi connectivity index (χ2n) is 5.81. The van der Waals surface area contributed by atoms with Gasteiger partial charge in [-0.2, -0.15) is 0 Å². The molecule has 1 aromatic rings. The van der Waals surface area contributed by atoms with Crippen LogP contribution in [0, 0.1) is 11.8 Å². The summed E-state index contributed by atoms with van der Waals surface area (Å²) >= 11 is 5.79. The Kier molecular flexibility index (Phi) is 5.10. The van der Waals surface area contributed by atoms with Gasteiger partial charge in [0, 0.05) is 19.0 Å².